The van der Waals surface area contributed by atoms with E-state index in [2.05, 4.69) is 46.8 Å². The number of aryl methyl sites for hydroxylation is 2. The third-order valence-electron chi connectivity index (χ3n) is 3.89. The fraction of sp³-hybridized carbons (Fsp3) is 0.667. The molecule has 0 fully saturated rings. The van der Waals surface area contributed by atoms with E-state index in [-0.39, 0.29) is 11.5 Å². The fourth-order valence-electron chi connectivity index (χ4n) is 2.55. The van der Waals surface area contributed by atoms with E-state index in [1.54, 1.807) is 7.11 Å². The molecule has 1 atom stereocenters. The van der Waals surface area contributed by atoms with Crippen LogP contribution in [0.5, 0.6) is 0 Å². The number of rotatable bonds is 6. The van der Waals surface area contributed by atoms with Gasteiger partial charge in [0.2, 0.25) is 0 Å². The van der Waals surface area contributed by atoms with Gasteiger partial charge in [-0.2, -0.15) is 0 Å². The normalized spacial score (nSPS) is 13.6. The predicted octanol–water partition coefficient (Wildman–Crippen LogP) is 3.93. The summed E-state index contributed by atoms with van der Waals surface area (Å²) in [5.41, 5.74) is 5.42. The molecule has 0 aliphatic rings. The van der Waals surface area contributed by atoms with Crippen LogP contribution in [0.15, 0.2) is 12.1 Å². The van der Waals surface area contributed by atoms with Crippen molar-refractivity contribution in [3.05, 3.63) is 34.4 Å². The van der Waals surface area contributed by atoms with Crippen LogP contribution in [0.1, 0.15) is 55.9 Å². The Labute approximate surface area is 124 Å². The highest BCUT2D eigenvalue weighted by atomic mass is 16.5. The number of aliphatic hydroxyl groups is 1. The molecule has 1 unspecified atom stereocenters. The molecule has 1 N–H and O–H groups in total. The highest BCUT2D eigenvalue weighted by Gasteiger charge is 2.17. The standard InChI is InChI=1S/C18H30O2/c1-13-10-15(18(3,4)5)11-14(2)17(13)12-16(19)8-7-9-20-6/h10-11,16,19H,7-9,12H2,1-6H3. The molecule has 1 aromatic rings. The Morgan fingerprint density at radius 1 is 1.15 bits per heavy atom. The van der Waals surface area contributed by atoms with Crippen molar-refractivity contribution in [3.63, 3.8) is 0 Å². The third kappa shape index (κ3) is 4.92. The maximum absolute atomic E-state index is 10.2. The minimum absolute atomic E-state index is 0.172. The van der Waals surface area contributed by atoms with Crippen LogP contribution in [0.4, 0.5) is 0 Å². The molecule has 2 heteroatoms. The summed E-state index contributed by atoms with van der Waals surface area (Å²) in [5, 5.41) is 10.2. The number of hydrogen-bond acceptors (Lipinski definition) is 2. The van der Waals surface area contributed by atoms with Crippen LogP contribution in [-0.2, 0) is 16.6 Å². The van der Waals surface area contributed by atoms with Gasteiger partial charge in [0, 0.05) is 13.7 Å². The molecule has 0 heterocycles. The zero-order valence-corrected chi connectivity index (χ0v) is 13.9. The highest BCUT2D eigenvalue weighted by molar-refractivity contribution is 5.40. The summed E-state index contributed by atoms with van der Waals surface area (Å²) in [7, 11) is 1.70. The van der Waals surface area contributed by atoms with Crippen molar-refractivity contribution >= 4 is 0 Å². The lowest BCUT2D eigenvalue weighted by atomic mass is 9.83. The summed E-state index contributed by atoms with van der Waals surface area (Å²) in [6, 6.07) is 4.54. The molecule has 114 valence electrons. The number of methoxy groups -OCH3 is 1. The van der Waals surface area contributed by atoms with Gasteiger partial charge in [0.15, 0.2) is 0 Å². The molecule has 0 spiro atoms. The van der Waals surface area contributed by atoms with Gasteiger partial charge in [-0.15, -0.1) is 0 Å². The molecule has 0 aliphatic carbocycles. The molecule has 0 radical (unpaired) electrons. The molecule has 0 amide bonds. The van der Waals surface area contributed by atoms with E-state index in [9.17, 15) is 5.11 Å². The van der Waals surface area contributed by atoms with Crippen molar-refractivity contribution in [1.82, 2.24) is 0 Å². The van der Waals surface area contributed by atoms with Gasteiger partial charge >= 0.3 is 0 Å². The van der Waals surface area contributed by atoms with Gasteiger partial charge in [0.25, 0.3) is 0 Å². The summed E-state index contributed by atoms with van der Waals surface area (Å²) in [5.74, 6) is 0. The van der Waals surface area contributed by atoms with E-state index < -0.39 is 0 Å². The first-order chi connectivity index (χ1) is 9.25. The molecule has 2 nitrogen and oxygen atoms in total. The van der Waals surface area contributed by atoms with Crippen LogP contribution < -0.4 is 0 Å². The quantitative estimate of drug-likeness (QED) is 0.799. The maximum Gasteiger partial charge on any atom is 0.0581 e. The average molecular weight is 278 g/mol. The van der Waals surface area contributed by atoms with E-state index in [1.807, 2.05) is 0 Å². The number of ether oxygens (including phenoxy) is 1. The molecule has 1 aromatic carbocycles. The van der Waals surface area contributed by atoms with Gasteiger partial charge in [0.1, 0.15) is 0 Å². The Hall–Kier alpha value is -0.860. The van der Waals surface area contributed by atoms with Crippen molar-refractivity contribution in [2.24, 2.45) is 0 Å². The Bertz CT molecular complexity index is 407. The van der Waals surface area contributed by atoms with Crippen LogP contribution in [-0.4, -0.2) is 24.9 Å². The smallest absolute Gasteiger partial charge is 0.0581 e. The van der Waals surface area contributed by atoms with E-state index in [1.165, 1.54) is 22.3 Å². The highest BCUT2D eigenvalue weighted by Crippen LogP contribution is 2.27. The summed E-state index contributed by atoms with van der Waals surface area (Å²) in [4.78, 5) is 0. The van der Waals surface area contributed by atoms with Crippen LogP contribution in [0.3, 0.4) is 0 Å². The van der Waals surface area contributed by atoms with Crippen molar-refractivity contribution in [3.8, 4) is 0 Å². The second-order valence-corrected chi connectivity index (χ2v) is 6.83. The Morgan fingerprint density at radius 2 is 1.70 bits per heavy atom. The minimum atomic E-state index is -0.275. The van der Waals surface area contributed by atoms with Gasteiger partial charge in [0.05, 0.1) is 6.10 Å². The number of benzene rings is 1. The van der Waals surface area contributed by atoms with Crippen LogP contribution in [0.25, 0.3) is 0 Å². The third-order valence-corrected chi connectivity index (χ3v) is 3.89. The Kier molecular flexibility index (Phi) is 6.22. The average Bonchev–Trinajstić information content (AvgIpc) is 2.32. The number of hydrogen-bond donors (Lipinski definition) is 1. The van der Waals surface area contributed by atoms with E-state index in [0.29, 0.717) is 0 Å². The monoisotopic (exact) mass is 278 g/mol. The molecule has 1 rings (SSSR count). The zero-order chi connectivity index (χ0) is 15.3. The largest absolute Gasteiger partial charge is 0.393 e. The first-order valence-corrected chi connectivity index (χ1v) is 7.53. The lowest BCUT2D eigenvalue weighted by molar-refractivity contribution is 0.135. The first kappa shape index (κ1) is 17.2. The minimum Gasteiger partial charge on any atom is -0.393 e. The number of aliphatic hydroxyl groups excluding tert-OH is 1. The molecule has 0 bridgehead atoms. The Morgan fingerprint density at radius 3 is 2.15 bits per heavy atom. The molecule has 20 heavy (non-hydrogen) atoms. The van der Waals surface area contributed by atoms with Gasteiger partial charge in [-0.3, -0.25) is 0 Å². The fourth-order valence-corrected chi connectivity index (χ4v) is 2.55. The molecule has 0 aliphatic heterocycles. The molecule has 0 saturated carbocycles. The summed E-state index contributed by atoms with van der Waals surface area (Å²) < 4.78 is 5.03. The van der Waals surface area contributed by atoms with Crippen LogP contribution >= 0.6 is 0 Å². The SMILES string of the molecule is COCCCC(O)Cc1c(C)cc(C(C)(C)C)cc1C. The maximum atomic E-state index is 10.2. The van der Waals surface area contributed by atoms with E-state index in [4.69, 9.17) is 4.74 Å². The lowest BCUT2D eigenvalue weighted by Crippen LogP contribution is -2.16. The first-order valence-electron chi connectivity index (χ1n) is 7.53. The van der Waals surface area contributed by atoms with Crippen LogP contribution in [0, 0.1) is 13.8 Å². The molecule has 0 saturated heterocycles. The van der Waals surface area contributed by atoms with Gasteiger partial charge < -0.3 is 9.84 Å². The van der Waals surface area contributed by atoms with Gasteiger partial charge in [-0.05, 0) is 60.8 Å². The lowest BCUT2D eigenvalue weighted by Gasteiger charge is -2.23. The predicted molar refractivity (Wildman–Crippen MR) is 85.4 cm³/mol. The zero-order valence-electron chi connectivity index (χ0n) is 13.9. The van der Waals surface area contributed by atoms with E-state index >= 15 is 0 Å². The van der Waals surface area contributed by atoms with Crippen molar-refractivity contribution in [1.29, 1.82) is 0 Å². The second-order valence-electron chi connectivity index (χ2n) is 6.83. The van der Waals surface area contributed by atoms with Crippen LogP contribution in [0.2, 0.25) is 0 Å². The summed E-state index contributed by atoms with van der Waals surface area (Å²) in [6.07, 6.45) is 2.18. The molecular formula is C18H30O2. The van der Waals surface area contributed by atoms with Crippen molar-refractivity contribution < 1.29 is 9.84 Å². The topological polar surface area (TPSA) is 29.5 Å². The van der Waals surface area contributed by atoms with Crippen molar-refractivity contribution in [2.75, 3.05) is 13.7 Å². The summed E-state index contributed by atoms with van der Waals surface area (Å²) >= 11 is 0. The Balaban J connectivity index is 2.81. The van der Waals surface area contributed by atoms with Crippen molar-refractivity contribution in [2.45, 2.75) is 65.4 Å². The van der Waals surface area contributed by atoms with E-state index in [0.717, 1.165) is 25.9 Å². The second kappa shape index (κ2) is 7.24. The van der Waals surface area contributed by atoms with Gasteiger partial charge in [-0.25, -0.2) is 0 Å². The molecular weight excluding hydrogens is 248 g/mol. The summed E-state index contributed by atoms with van der Waals surface area (Å²) in [6.45, 7) is 11.7. The molecule has 0 aromatic heterocycles. The van der Waals surface area contributed by atoms with Gasteiger partial charge in [-0.1, -0.05) is 32.9 Å².